The summed E-state index contributed by atoms with van der Waals surface area (Å²) in [5.74, 6) is -1.64. The van der Waals surface area contributed by atoms with Crippen LogP contribution >= 0.6 is 0 Å². The molecule has 0 saturated carbocycles. The maximum absolute atomic E-state index is 13.0. The fourth-order valence-electron chi connectivity index (χ4n) is 4.98. The van der Waals surface area contributed by atoms with Crippen molar-refractivity contribution >= 4 is 23.5 Å². The Labute approximate surface area is 237 Å². The molecule has 2 heterocycles. The third-order valence-corrected chi connectivity index (χ3v) is 7.14. The summed E-state index contributed by atoms with van der Waals surface area (Å²) in [6, 6.07) is 14.8. The lowest BCUT2D eigenvalue weighted by Crippen LogP contribution is -2.50. The molecule has 0 unspecified atom stereocenters. The Hall–Kier alpha value is -4.02. The minimum absolute atomic E-state index is 0.0565. The molecule has 0 aliphatic carbocycles. The van der Waals surface area contributed by atoms with Gasteiger partial charge in [0, 0.05) is 56.7 Å². The van der Waals surface area contributed by atoms with Gasteiger partial charge in [-0.25, -0.2) is 4.79 Å². The molecule has 0 aromatic heterocycles. The second-order valence-electron chi connectivity index (χ2n) is 10.4. The first kappa shape index (κ1) is 30.0. The fourth-order valence-corrected chi connectivity index (χ4v) is 4.98. The van der Waals surface area contributed by atoms with Crippen molar-refractivity contribution in [1.29, 1.82) is 0 Å². The highest BCUT2D eigenvalue weighted by Gasteiger charge is 2.41. The third-order valence-electron chi connectivity index (χ3n) is 7.14. The summed E-state index contributed by atoms with van der Waals surface area (Å²) in [6.45, 7) is 6.22. The van der Waals surface area contributed by atoms with Crippen molar-refractivity contribution in [1.82, 2.24) is 15.1 Å². The lowest BCUT2D eigenvalue weighted by molar-refractivity contribution is -0.173. The van der Waals surface area contributed by atoms with Crippen molar-refractivity contribution in [3.63, 3.8) is 0 Å². The average molecular weight is 574 g/mol. The Morgan fingerprint density at radius 2 is 1.73 bits per heavy atom. The predicted molar refractivity (Wildman–Crippen MR) is 146 cm³/mol. The Bertz CT molecular complexity index is 1300. The van der Waals surface area contributed by atoms with Gasteiger partial charge in [0.25, 0.3) is 5.91 Å². The number of hydrogen-bond donors (Lipinski definition) is 1. The van der Waals surface area contributed by atoms with E-state index in [0.717, 1.165) is 22.4 Å². The molecular formula is C30H34F3N3O5. The molecule has 4 rings (SSSR count). The number of piperidine rings is 1. The van der Waals surface area contributed by atoms with E-state index in [4.69, 9.17) is 9.47 Å². The maximum atomic E-state index is 13.0. The van der Waals surface area contributed by atoms with Crippen molar-refractivity contribution in [2.75, 3.05) is 32.7 Å². The number of nitrogens with zero attached hydrogens (tertiary/aromatic N) is 2. The van der Waals surface area contributed by atoms with Crippen LogP contribution in [0, 0.1) is 0 Å². The van der Waals surface area contributed by atoms with Gasteiger partial charge in [0.05, 0.1) is 6.10 Å². The summed E-state index contributed by atoms with van der Waals surface area (Å²) in [6.07, 6.45) is -2.23. The maximum Gasteiger partial charge on any atom is 0.471 e. The lowest BCUT2D eigenvalue weighted by Gasteiger charge is -2.42. The highest BCUT2D eigenvalue weighted by molar-refractivity contribution is 5.95. The van der Waals surface area contributed by atoms with Crippen molar-refractivity contribution in [2.45, 2.75) is 51.5 Å². The standard InChI is InChI=1S/C30H34F3N3O5/c1-4-35(18-15-34-27(38)30(31,32)33)26(37)22-11-9-21(10-12-22)24-19-29(41-25-8-6-5-7-23(24)25)13-16-36(17-14-29)28(39)40-20(2)3/h5-12,19-20H,4,13-18H2,1-3H3,(H,34,38). The molecule has 3 amide bonds. The summed E-state index contributed by atoms with van der Waals surface area (Å²) in [4.78, 5) is 39.6. The van der Waals surface area contributed by atoms with Crippen LogP contribution in [0.5, 0.6) is 5.75 Å². The molecule has 0 bridgehead atoms. The van der Waals surface area contributed by atoms with E-state index in [-0.39, 0.29) is 37.7 Å². The number of alkyl halides is 3. The van der Waals surface area contributed by atoms with Crippen LogP contribution in [0.1, 0.15) is 55.1 Å². The highest BCUT2D eigenvalue weighted by atomic mass is 19.4. The van der Waals surface area contributed by atoms with Gasteiger partial charge in [-0.05, 0) is 56.2 Å². The van der Waals surface area contributed by atoms with Gasteiger partial charge in [0.15, 0.2) is 0 Å². The number of nitrogens with one attached hydrogen (secondary N) is 1. The molecule has 11 heteroatoms. The molecule has 0 atom stereocenters. The Morgan fingerprint density at radius 1 is 1.07 bits per heavy atom. The van der Waals surface area contributed by atoms with E-state index in [1.54, 1.807) is 29.3 Å². The van der Waals surface area contributed by atoms with E-state index < -0.39 is 17.7 Å². The monoisotopic (exact) mass is 573 g/mol. The molecule has 41 heavy (non-hydrogen) atoms. The predicted octanol–water partition coefficient (Wildman–Crippen LogP) is 5.03. The van der Waals surface area contributed by atoms with Gasteiger partial charge in [-0.15, -0.1) is 0 Å². The number of fused-ring (bicyclic) bond motifs is 1. The Balaban J connectivity index is 1.50. The topological polar surface area (TPSA) is 88.2 Å². The molecule has 1 fully saturated rings. The highest BCUT2D eigenvalue weighted by Crippen LogP contribution is 2.43. The van der Waals surface area contributed by atoms with Crippen LogP contribution in [-0.4, -0.2) is 78.3 Å². The van der Waals surface area contributed by atoms with E-state index in [0.29, 0.717) is 31.5 Å². The van der Waals surface area contributed by atoms with Crippen molar-refractivity contribution in [3.8, 4) is 5.75 Å². The zero-order chi connectivity index (χ0) is 29.8. The van der Waals surface area contributed by atoms with Gasteiger partial charge in [0.1, 0.15) is 11.4 Å². The molecule has 1 N–H and O–H groups in total. The van der Waals surface area contributed by atoms with Gasteiger partial charge >= 0.3 is 18.2 Å². The van der Waals surface area contributed by atoms with Crippen LogP contribution in [0.15, 0.2) is 54.6 Å². The molecular weight excluding hydrogens is 539 g/mol. The molecule has 2 aliphatic heterocycles. The van der Waals surface area contributed by atoms with Crippen molar-refractivity contribution in [3.05, 3.63) is 71.3 Å². The number of likely N-dealkylation sites (N-methyl/N-ethyl adjacent to an activating group) is 1. The average Bonchev–Trinajstić information content (AvgIpc) is 2.94. The molecule has 2 aromatic rings. The Kier molecular flexibility index (Phi) is 8.94. The van der Waals surface area contributed by atoms with Gasteiger partial charge in [-0.2, -0.15) is 13.2 Å². The van der Waals surface area contributed by atoms with E-state index in [1.807, 2.05) is 50.2 Å². The smallest absolute Gasteiger partial charge is 0.471 e. The van der Waals surface area contributed by atoms with Crippen molar-refractivity contribution < 1.29 is 37.0 Å². The summed E-state index contributed by atoms with van der Waals surface area (Å²) < 4.78 is 49.2. The van der Waals surface area contributed by atoms with E-state index in [9.17, 15) is 27.6 Å². The van der Waals surface area contributed by atoms with Crippen LogP contribution < -0.4 is 10.1 Å². The zero-order valence-corrected chi connectivity index (χ0v) is 23.3. The fraction of sp³-hybridized carbons (Fsp3) is 0.433. The van der Waals surface area contributed by atoms with Crippen LogP contribution in [-0.2, 0) is 9.53 Å². The first-order valence-electron chi connectivity index (χ1n) is 13.6. The van der Waals surface area contributed by atoms with Gasteiger partial charge in [0.2, 0.25) is 0 Å². The summed E-state index contributed by atoms with van der Waals surface area (Å²) in [7, 11) is 0. The van der Waals surface area contributed by atoms with Crippen LogP contribution in [0.3, 0.4) is 0 Å². The van der Waals surface area contributed by atoms with Gasteiger partial charge < -0.3 is 24.6 Å². The van der Waals surface area contributed by atoms with E-state index in [2.05, 4.69) is 6.08 Å². The SMILES string of the molecule is CCN(CCNC(=O)C(F)(F)F)C(=O)c1ccc(C2=CC3(CCN(C(=O)OC(C)C)CC3)Oc3ccccc32)cc1. The quantitative estimate of drug-likeness (QED) is 0.502. The largest absolute Gasteiger partial charge is 0.482 e. The second-order valence-corrected chi connectivity index (χ2v) is 10.4. The summed E-state index contributed by atoms with van der Waals surface area (Å²) in [5, 5.41) is 1.79. The molecule has 1 saturated heterocycles. The number of halogens is 3. The molecule has 2 aliphatic rings. The molecule has 2 aromatic carbocycles. The minimum Gasteiger partial charge on any atom is -0.482 e. The number of amides is 3. The van der Waals surface area contributed by atoms with Crippen LogP contribution in [0.4, 0.5) is 18.0 Å². The number of hydrogen-bond acceptors (Lipinski definition) is 5. The number of para-hydroxylation sites is 1. The third kappa shape index (κ3) is 7.01. The first-order valence-corrected chi connectivity index (χ1v) is 13.6. The Morgan fingerprint density at radius 3 is 2.34 bits per heavy atom. The first-order chi connectivity index (χ1) is 19.4. The number of rotatable bonds is 7. The van der Waals surface area contributed by atoms with Crippen LogP contribution in [0.2, 0.25) is 0 Å². The lowest BCUT2D eigenvalue weighted by atomic mass is 9.83. The van der Waals surface area contributed by atoms with Crippen molar-refractivity contribution in [2.24, 2.45) is 0 Å². The normalized spacial score (nSPS) is 16.0. The number of ether oxygens (including phenoxy) is 2. The second kappa shape index (κ2) is 12.2. The molecule has 8 nitrogen and oxygen atoms in total. The number of likely N-dealkylation sites (tertiary alicyclic amines) is 1. The summed E-state index contributed by atoms with van der Waals surface area (Å²) in [5.41, 5.74) is 2.51. The molecule has 220 valence electrons. The van der Waals surface area contributed by atoms with Gasteiger partial charge in [-0.3, -0.25) is 9.59 Å². The van der Waals surface area contributed by atoms with Gasteiger partial charge in [-0.1, -0.05) is 30.3 Å². The number of carbonyl (C=O) groups excluding carboxylic acids is 3. The van der Waals surface area contributed by atoms with E-state index >= 15 is 0 Å². The number of carbonyl (C=O) groups is 3. The molecule has 1 spiro atoms. The van der Waals surface area contributed by atoms with Crippen LogP contribution in [0.25, 0.3) is 5.57 Å². The van der Waals surface area contributed by atoms with E-state index in [1.165, 1.54) is 4.90 Å². The number of benzene rings is 2. The summed E-state index contributed by atoms with van der Waals surface area (Å²) >= 11 is 0. The minimum atomic E-state index is -4.97. The zero-order valence-electron chi connectivity index (χ0n) is 23.3. The molecule has 0 radical (unpaired) electrons.